The first-order valence-corrected chi connectivity index (χ1v) is 5.94. The van der Waals surface area contributed by atoms with E-state index in [4.69, 9.17) is 5.26 Å². The standard InChI is InChI=1S/C14H17FN2/c1-14(2)10-17(8-7-11(14)9-16)13-6-4-3-5-12(13)15/h3-6,11H,7-8,10H2,1-2H3. The van der Waals surface area contributed by atoms with Crippen molar-refractivity contribution >= 4 is 5.69 Å². The van der Waals surface area contributed by atoms with Crippen molar-refractivity contribution in [2.75, 3.05) is 18.0 Å². The van der Waals surface area contributed by atoms with Gasteiger partial charge in [-0.15, -0.1) is 0 Å². The third-order valence-electron chi connectivity index (χ3n) is 3.58. The van der Waals surface area contributed by atoms with E-state index in [0.717, 1.165) is 19.5 Å². The lowest BCUT2D eigenvalue weighted by atomic mass is 9.74. The second kappa shape index (κ2) is 4.37. The minimum atomic E-state index is -0.182. The summed E-state index contributed by atoms with van der Waals surface area (Å²) in [7, 11) is 0. The Balaban J connectivity index is 2.22. The molecule has 2 nitrogen and oxygen atoms in total. The van der Waals surface area contributed by atoms with E-state index < -0.39 is 0 Å². The summed E-state index contributed by atoms with van der Waals surface area (Å²) in [5.74, 6) is -0.121. The molecule has 0 aliphatic carbocycles. The van der Waals surface area contributed by atoms with E-state index in [1.54, 1.807) is 12.1 Å². The second-order valence-electron chi connectivity index (χ2n) is 5.33. The summed E-state index contributed by atoms with van der Waals surface area (Å²) in [6.07, 6.45) is 0.803. The fourth-order valence-corrected chi connectivity index (χ4v) is 2.51. The molecule has 0 amide bonds. The number of para-hydroxylation sites is 1. The maximum Gasteiger partial charge on any atom is 0.146 e. The summed E-state index contributed by atoms with van der Waals surface area (Å²) >= 11 is 0. The molecule has 0 aromatic heterocycles. The van der Waals surface area contributed by atoms with Gasteiger partial charge in [0.2, 0.25) is 0 Å². The molecule has 0 radical (unpaired) electrons. The van der Waals surface area contributed by atoms with Crippen molar-refractivity contribution in [3.8, 4) is 6.07 Å². The summed E-state index contributed by atoms with van der Waals surface area (Å²) in [6.45, 7) is 5.64. The zero-order valence-corrected chi connectivity index (χ0v) is 10.3. The molecule has 1 fully saturated rings. The van der Waals surface area contributed by atoms with Gasteiger partial charge in [-0.3, -0.25) is 0 Å². The highest BCUT2D eigenvalue weighted by Gasteiger charge is 2.36. The van der Waals surface area contributed by atoms with Crippen LogP contribution < -0.4 is 4.90 Å². The van der Waals surface area contributed by atoms with Crippen LogP contribution in [0.4, 0.5) is 10.1 Å². The monoisotopic (exact) mass is 232 g/mol. The van der Waals surface area contributed by atoms with Gasteiger partial charge >= 0.3 is 0 Å². The van der Waals surface area contributed by atoms with Crippen molar-refractivity contribution in [2.45, 2.75) is 20.3 Å². The van der Waals surface area contributed by atoms with E-state index in [0.29, 0.717) is 5.69 Å². The number of halogens is 1. The minimum Gasteiger partial charge on any atom is -0.369 e. The van der Waals surface area contributed by atoms with Crippen LogP contribution in [0, 0.1) is 28.5 Å². The van der Waals surface area contributed by atoms with Crippen molar-refractivity contribution < 1.29 is 4.39 Å². The summed E-state index contributed by atoms with van der Waals surface area (Å²) in [5, 5.41) is 9.10. The van der Waals surface area contributed by atoms with Gasteiger partial charge < -0.3 is 4.90 Å². The van der Waals surface area contributed by atoms with Crippen LogP contribution in [0.2, 0.25) is 0 Å². The largest absolute Gasteiger partial charge is 0.369 e. The summed E-state index contributed by atoms with van der Waals surface area (Å²) in [4.78, 5) is 2.04. The molecule has 1 aromatic rings. The average Bonchev–Trinajstić information content (AvgIpc) is 2.28. The van der Waals surface area contributed by atoms with E-state index >= 15 is 0 Å². The Morgan fingerprint density at radius 3 is 2.71 bits per heavy atom. The molecule has 0 saturated carbocycles. The Hall–Kier alpha value is -1.56. The van der Waals surface area contributed by atoms with Crippen LogP contribution in [-0.4, -0.2) is 13.1 Å². The molecule has 0 bridgehead atoms. The van der Waals surface area contributed by atoms with Crippen LogP contribution in [0.1, 0.15) is 20.3 Å². The van der Waals surface area contributed by atoms with Crippen molar-refractivity contribution in [3.63, 3.8) is 0 Å². The molecule has 1 saturated heterocycles. The molecule has 1 aromatic carbocycles. The lowest BCUT2D eigenvalue weighted by Gasteiger charge is -2.42. The Morgan fingerprint density at radius 2 is 2.12 bits per heavy atom. The summed E-state index contributed by atoms with van der Waals surface area (Å²) in [5.41, 5.74) is 0.562. The van der Waals surface area contributed by atoms with Crippen molar-refractivity contribution in [1.29, 1.82) is 5.26 Å². The number of rotatable bonds is 1. The van der Waals surface area contributed by atoms with Gasteiger partial charge in [-0.1, -0.05) is 26.0 Å². The predicted octanol–water partition coefficient (Wildman–Crippen LogP) is 3.20. The second-order valence-corrected chi connectivity index (χ2v) is 5.33. The van der Waals surface area contributed by atoms with Crippen LogP contribution in [-0.2, 0) is 0 Å². The molecule has 1 atom stereocenters. The van der Waals surface area contributed by atoms with Gasteiger partial charge in [-0.05, 0) is 24.0 Å². The van der Waals surface area contributed by atoms with Crippen LogP contribution in [0.5, 0.6) is 0 Å². The lowest BCUT2D eigenvalue weighted by Crippen LogP contribution is -2.45. The van der Waals surface area contributed by atoms with Crippen LogP contribution >= 0.6 is 0 Å². The molecule has 0 spiro atoms. The normalized spacial score (nSPS) is 23.2. The van der Waals surface area contributed by atoms with Gasteiger partial charge in [0.05, 0.1) is 17.7 Å². The quantitative estimate of drug-likeness (QED) is 0.743. The van der Waals surface area contributed by atoms with Crippen LogP contribution in [0.3, 0.4) is 0 Å². The van der Waals surface area contributed by atoms with E-state index in [-0.39, 0.29) is 17.2 Å². The molecule has 1 unspecified atom stereocenters. The number of benzene rings is 1. The third-order valence-corrected chi connectivity index (χ3v) is 3.58. The maximum absolute atomic E-state index is 13.7. The van der Waals surface area contributed by atoms with Crippen LogP contribution in [0.25, 0.3) is 0 Å². The fourth-order valence-electron chi connectivity index (χ4n) is 2.51. The van der Waals surface area contributed by atoms with Gasteiger partial charge in [-0.2, -0.15) is 5.26 Å². The fraction of sp³-hybridized carbons (Fsp3) is 0.500. The first kappa shape index (κ1) is 11.9. The lowest BCUT2D eigenvalue weighted by molar-refractivity contribution is 0.225. The van der Waals surface area contributed by atoms with Crippen molar-refractivity contribution in [3.05, 3.63) is 30.1 Å². The van der Waals surface area contributed by atoms with Gasteiger partial charge in [0.25, 0.3) is 0 Å². The Morgan fingerprint density at radius 1 is 1.41 bits per heavy atom. The highest BCUT2D eigenvalue weighted by Crippen LogP contribution is 2.36. The summed E-state index contributed by atoms with van der Waals surface area (Å²) in [6, 6.07) is 9.20. The molecule has 1 heterocycles. The highest BCUT2D eigenvalue weighted by molar-refractivity contribution is 5.48. The third kappa shape index (κ3) is 2.26. The van der Waals surface area contributed by atoms with E-state index in [1.807, 2.05) is 11.0 Å². The Labute approximate surface area is 102 Å². The van der Waals surface area contributed by atoms with Crippen molar-refractivity contribution in [1.82, 2.24) is 0 Å². The molecule has 0 N–H and O–H groups in total. The van der Waals surface area contributed by atoms with Gasteiger partial charge in [0.1, 0.15) is 5.82 Å². The Kier molecular flexibility index (Phi) is 3.06. The minimum absolute atomic E-state index is 0.0607. The van der Waals surface area contributed by atoms with Crippen LogP contribution in [0.15, 0.2) is 24.3 Å². The molecular formula is C14H17FN2. The Bertz CT molecular complexity index is 448. The van der Waals surface area contributed by atoms with E-state index in [9.17, 15) is 4.39 Å². The number of nitriles is 1. The number of anilines is 1. The molecule has 1 aliphatic heterocycles. The molecule has 1 aliphatic rings. The average molecular weight is 232 g/mol. The highest BCUT2D eigenvalue weighted by atomic mass is 19.1. The van der Waals surface area contributed by atoms with E-state index in [1.165, 1.54) is 6.07 Å². The smallest absolute Gasteiger partial charge is 0.146 e. The first-order valence-electron chi connectivity index (χ1n) is 5.94. The van der Waals surface area contributed by atoms with Gasteiger partial charge in [0, 0.05) is 13.1 Å². The molecular weight excluding hydrogens is 215 g/mol. The molecule has 3 heteroatoms. The summed E-state index contributed by atoms with van der Waals surface area (Å²) < 4.78 is 13.7. The first-order chi connectivity index (χ1) is 8.04. The molecule has 90 valence electrons. The molecule has 2 rings (SSSR count). The molecule has 17 heavy (non-hydrogen) atoms. The number of piperidine rings is 1. The number of nitrogens with zero attached hydrogens (tertiary/aromatic N) is 2. The van der Waals surface area contributed by atoms with E-state index in [2.05, 4.69) is 19.9 Å². The topological polar surface area (TPSA) is 27.0 Å². The maximum atomic E-state index is 13.7. The SMILES string of the molecule is CC1(C)CN(c2ccccc2F)CCC1C#N. The number of hydrogen-bond acceptors (Lipinski definition) is 2. The number of hydrogen-bond donors (Lipinski definition) is 0. The van der Waals surface area contributed by atoms with Gasteiger partial charge in [0.15, 0.2) is 0 Å². The zero-order chi connectivity index (χ0) is 12.5. The predicted molar refractivity (Wildman–Crippen MR) is 66.1 cm³/mol. The van der Waals surface area contributed by atoms with Crippen molar-refractivity contribution in [2.24, 2.45) is 11.3 Å². The van der Waals surface area contributed by atoms with Gasteiger partial charge in [-0.25, -0.2) is 4.39 Å². The zero-order valence-electron chi connectivity index (χ0n) is 10.3.